The Morgan fingerprint density at radius 3 is 1.71 bits per heavy atom. The molecule has 1 unspecified atom stereocenters. The molecule has 0 fully saturated rings. The molecule has 0 radical (unpaired) electrons. The van der Waals surface area contributed by atoms with Crippen LogP contribution in [0, 0.1) is 5.92 Å². The molecule has 0 nitrogen and oxygen atoms in total. The van der Waals surface area contributed by atoms with Gasteiger partial charge in [-0.1, -0.05) is 93.5 Å². The van der Waals surface area contributed by atoms with Crippen LogP contribution in [0.4, 0.5) is 0 Å². The highest BCUT2D eigenvalue weighted by Crippen LogP contribution is 2.07. The first kappa shape index (κ1) is 30.0. The highest BCUT2D eigenvalue weighted by molar-refractivity contribution is 5.00. The van der Waals surface area contributed by atoms with E-state index in [0.29, 0.717) is 0 Å². The Balaban J connectivity index is -0.0000000480. The van der Waals surface area contributed by atoms with Crippen LogP contribution in [0.2, 0.25) is 0 Å². The molecule has 0 saturated carbocycles. The lowest BCUT2D eigenvalue weighted by atomic mass is 10.0. The van der Waals surface area contributed by atoms with Crippen LogP contribution in [0.3, 0.4) is 0 Å². The lowest BCUT2D eigenvalue weighted by Gasteiger charge is -2.02. The average molecular weight is 245 g/mol. The summed E-state index contributed by atoms with van der Waals surface area (Å²) in [4.78, 5) is 0. The van der Waals surface area contributed by atoms with E-state index in [2.05, 4.69) is 39.8 Å². The largest absolute Gasteiger partial charge is 0.0877 e. The van der Waals surface area contributed by atoms with Gasteiger partial charge >= 0.3 is 0 Å². The first-order chi connectivity index (χ1) is 6.72. The van der Waals surface area contributed by atoms with Crippen LogP contribution in [-0.2, 0) is 0 Å². The van der Waals surface area contributed by atoms with E-state index in [1.807, 2.05) is 19.1 Å². The maximum absolute atomic E-state index is 2.31. The monoisotopic (exact) mass is 244 g/mol. The van der Waals surface area contributed by atoms with Crippen LogP contribution < -0.4 is 0 Å². The molecule has 0 spiro atoms. The molecule has 17 heavy (non-hydrogen) atoms. The molecule has 0 aromatic rings. The molecular weight excluding hydrogens is 204 g/mol. The summed E-state index contributed by atoms with van der Waals surface area (Å²) < 4.78 is 0. The van der Waals surface area contributed by atoms with Gasteiger partial charge < -0.3 is 0 Å². The summed E-state index contributed by atoms with van der Waals surface area (Å²) in [6.45, 7) is 10.9. The Kier molecular flexibility index (Phi) is 52.1. The van der Waals surface area contributed by atoms with Gasteiger partial charge in [0.05, 0.1) is 0 Å². The van der Waals surface area contributed by atoms with Crippen LogP contribution in [0.25, 0.3) is 0 Å². The van der Waals surface area contributed by atoms with Crippen molar-refractivity contribution >= 4 is 0 Å². The summed E-state index contributed by atoms with van der Waals surface area (Å²) in [5, 5.41) is 0. The van der Waals surface area contributed by atoms with E-state index in [9.17, 15) is 0 Å². The number of allylic oxidation sites excluding steroid dienone is 4. The molecule has 0 heterocycles. The van der Waals surface area contributed by atoms with Crippen molar-refractivity contribution in [2.24, 2.45) is 5.92 Å². The van der Waals surface area contributed by atoms with Gasteiger partial charge in [-0.25, -0.2) is 0 Å². The second-order valence-electron chi connectivity index (χ2n) is 3.66. The van der Waals surface area contributed by atoms with Crippen molar-refractivity contribution < 1.29 is 0 Å². The molecule has 0 aliphatic rings. The van der Waals surface area contributed by atoms with Crippen LogP contribution >= 0.6 is 0 Å². The summed E-state index contributed by atoms with van der Waals surface area (Å²) in [6.07, 6.45) is 13.4. The van der Waals surface area contributed by atoms with Gasteiger partial charge in [0.25, 0.3) is 0 Å². The van der Waals surface area contributed by atoms with Gasteiger partial charge in [-0.05, 0) is 19.3 Å². The highest BCUT2D eigenvalue weighted by Gasteiger charge is 1.92. The average Bonchev–Trinajstić information content (AvgIpc) is 2.20. The summed E-state index contributed by atoms with van der Waals surface area (Å²) in [6, 6.07) is 0. The van der Waals surface area contributed by atoms with Crippen molar-refractivity contribution in [2.45, 2.75) is 82.6 Å². The molecular formula is C17H40. The molecule has 0 aromatic carbocycles. The zero-order valence-corrected chi connectivity index (χ0v) is 10.7. The van der Waals surface area contributed by atoms with Crippen molar-refractivity contribution in [2.75, 3.05) is 0 Å². The van der Waals surface area contributed by atoms with Gasteiger partial charge in [0.2, 0.25) is 0 Å². The zero-order chi connectivity index (χ0) is 11.2. The molecule has 0 rings (SSSR count). The summed E-state index contributed by atoms with van der Waals surface area (Å²) in [7, 11) is 0. The maximum Gasteiger partial charge on any atom is -0.0376 e. The lowest BCUT2D eigenvalue weighted by Crippen LogP contribution is -1.88. The quantitative estimate of drug-likeness (QED) is 0.446. The molecule has 0 amide bonds. The minimum atomic E-state index is 0. The topological polar surface area (TPSA) is 0 Å². The van der Waals surface area contributed by atoms with Gasteiger partial charge in [0.1, 0.15) is 0 Å². The minimum absolute atomic E-state index is 0. The normalized spacial score (nSPS) is 10.6. The van der Waals surface area contributed by atoms with Crippen LogP contribution in [0.15, 0.2) is 24.3 Å². The fraction of sp³-hybridized carbons (Fsp3) is 0.765. The second-order valence-corrected chi connectivity index (χ2v) is 3.66. The molecule has 0 aliphatic carbocycles. The molecule has 0 bridgehead atoms. The molecule has 0 N–H and O–H groups in total. The Hall–Kier alpha value is -0.520. The van der Waals surface area contributed by atoms with Crippen molar-refractivity contribution in [3.05, 3.63) is 24.3 Å². The first-order valence-electron chi connectivity index (χ1n) is 6.00. The van der Waals surface area contributed by atoms with E-state index in [-0.39, 0.29) is 22.3 Å². The SMILES string of the molecule is C.C.C.C/C=C\C=C/CC.CCCC(C)CC. The summed E-state index contributed by atoms with van der Waals surface area (Å²) >= 11 is 0. The van der Waals surface area contributed by atoms with E-state index in [0.717, 1.165) is 12.3 Å². The van der Waals surface area contributed by atoms with Crippen LogP contribution in [0.5, 0.6) is 0 Å². The predicted octanol–water partition coefficient (Wildman–Crippen LogP) is 7.27. The Labute approximate surface area is 113 Å². The smallest absolute Gasteiger partial charge is 0.0376 e. The Morgan fingerprint density at radius 2 is 1.47 bits per heavy atom. The van der Waals surface area contributed by atoms with Gasteiger partial charge in [0, 0.05) is 0 Å². The predicted molar refractivity (Wildman–Crippen MR) is 88.8 cm³/mol. The molecule has 0 saturated heterocycles. The molecule has 1 atom stereocenters. The Bertz CT molecular complexity index is 131. The fourth-order valence-corrected chi connectivity index (χ4v) is 1.02. The summed E-state index contributed by atoms with van der Waals surface area (Å²) in [5.74, 6) is 0.949. The maximum atomic E-state index is 2.31. The number of hydrogen-bond donors (Lipinski definition) is 0. The van der Waals surface area contributed by atoms with Crippen molar-refractivity contribution in [3.63, 3.8) is 0 Å². The molecule has 0 heteroatoms. The zero-order valence-electron chi connectivity index (χ0n) is 10.7. The first-order valence-corrected chi connectivity index (χ1v) is 6.00. The van der Waals surface area contributed by atoms with Crippen LogP contribution in [-0.4, -0.2) is 0 Å². The van der Waals surface area contributed by atoms with E-state index >= 15 is 0 Å². The lowest BCUT2D eigenvalue weighted by molar-refractivity contribution is 0.509. The van der Waals surface area contributed by atoms with Crippen LogP contribution in [0.1, 0.15) is 82.6 Å². The van der Waals surface area contributed by atoms with E-state index in [1.165, 1.54) is 19.3 Å². The van der Waals surface area contributed by atoms with Crippen molar-refractivity contribution in [1.82, 2.24) is 0 Å². The fourth-order valence-electron chi connectivity index (χ4n) is 1.02. The third-order valence-electron chi connectivity index (χ3n) is 2.15. The van der Waals surface area contributed by atoms with Gasteiger partial charge in [-0.2, -0.15) is 0 Å². The van der Waals surface area contributed by atoms with E-state index in [1.54, 1.807) is 0 Å². The minimum Gasteiger partial charge on any atom is -0.0877 e. The third-order valence-corrected chi connectivity index (χ3v) is 2.15. The van der Waals surface area contributed by atoms with Crippen molar-refractivity contribution in [3.8, 4) is 0 Å². The highest BCUT2D eigenvalue weighted by atomic mass is 14.0. The molecule has 0 aromatic heterocycles. The molecule has 108 valence electrons. The van der Waals surface area contributed by atoms with Gasteiger partial charge in [-0.15, -0.1) is 0 Å². The van der Waals surface area contributed by atoms with Crippen molar-refractivity contribution in [1.29, 1.82) is 0 Å². The number of hydrogen-bond acceptors (Lipinski definition) is 0. The molecule has 0 aliphatic heterocycles. The summed E-state index contributed by atoms with van der Waals surface area (Å²) in [5.41, 5.74) is 0. The van der Waals surface area contributed by atoms with Gasteiger partial charge in [-0.3, -0.25) is 0 Å². The van der Waals surface area contributed by atoms with Gasteiger partial charge in [0.15, 0.2) is 0 Å². The number of rotatable bonds is 5. The van der Waals surface area contributed by atoms with E-state index in [4.69, 9.17) is 0 Å². The standard InChI is InChI=1S/C7H16.C7H12.3CH4/c1-4-6-7(3)5-2;1-3-5-7-6-4-2;;;/h7H,4-6H2,1-3H3;3,5-7H,4H2,1-2H3;3*1H4/b;5-3-,7-6-;;;. The Morgan fingerprint density at radius 1 is 0.941 bits per heavy atom. The third kappa shape index (κ3) is 39.1. The second kappa shape index (κ2) is 29.6. The van der Waals surface area contributed by atoms with E-state index < -0.39 is 0 Å².